The minimum atomic E-state index is 0.0229. The minimum Gasteiger partial charge on any atom is -0.465 e. The van der Waals surface area contributed by atoms with Crippen molar-refractivity contribution in [1.82, 2.24) is 4.90 Å². The van der Waals surface area contributed by atoms with Gasteiger partial charge in [-0.3, -0.25) is 9.69 Å². The molecule has 1 aromatic carbocycles. The first kappa shape index (κ1) is 16.2. The molecule has 3 heterocycles. The van der Waals surface area contributed by atoms with E-state index in [-0.39, 0.29) is 18.5 Å². The molecule has 2 aromatic rings. The van der Waals surface area contributed by atoms with Crippen molar-refractivity contribution >= 4 is 5.78 Å². The van der Waals surface area contributed by atoms with Gasteiger partial charge in [0.1, 0.15) is 11.5 Å². The fraction of sp³-hybridized carbons (Fsp3) is 0.450. The molecule has 5 heteroatoms. The normalized spacial score (nSPS) is 20.0. The molecule has 0 N–H and O–H groups in total. The second kappa shape index (κ2) is 6.92. The van der Waals surface area contributed by atoms with E-state index < -0.39 is 0 Å². The number of nitrogens with zero attached hydrogens (tertiary/aromatic N) is 1. The molecule has 2 aliphatic heterocycles. The Morgan fingerprint density at radius 3 is 2.84 bits per heavy atom. The van der Waals surface area contributed by atoms with Crippen LogP contribution in [0.1, 0.15) is 41.6 Å². The lowest BCUT2D eigenvalue weighted by molar-refractivity contribution is 0.0802. The van der Waals surface area contributed by atoms with Crippen molar-refractivity contribution in [3.8, 4) is 11.5 Å². The Balaban J connectivity index is 1.42. The molecule has 0 amide bonds. The second-order valence-corrected chi connectivity index (χ2v) is 6.73. The van der Waals surface area contributed by atoms with Gasteiger partial charge in [0.05, 0.1) is 6.54 Å². The molecule has 1 atom stereocenters. The molecule has 0 radical (unpaired) electrons. The van der Waals surface area contributed by atoms with Crippen molar-refractivity contribution in [3.05, 3.63) is 47.4 Å². The summed E-state index contributed by atoms with van der Waals surface area (Å²) in [5.41, 5.74) is 0.711. The summed E-state index contributed by atoms with van der Waals surface area (Å²) in [5.74, 6) is 3.59. The summed E-state index contributed by atoms with van der Waals surface area (Å²) in [6, 6.07) is 9.56. The van der Waals surface area contributed by atoms with Crippen LogP contribution in [0.15, 0.2) is 34.7 Å². The highest BCUT2D eigenvalue weighted by Gasteiger charge is 2.28. The van der Waals surface area contributed by atoms with Gasteiger partial charge in [-0.2, -0.15) is 0 Å². The van der Waals surface area contributed by atoms with Crippen LogP contribution in [0, 0.1) is 5.92 Å². The maximum absolute atomic E-state index is 12.9. The Morgan fingerprint density at radius 1 is 1.16 bits per heavy atom. The number of Topliss-reactive ketones (excluding diaryl/α,β-unsaturated/α-hetero) is 1. The van der Waals surface area contributed by atoms with Crippen molar-refractivity contribution in [2.45, 2.75) is 32.7 Å². The zero-order chi connectivity index (χ0) is 17.2. The number of rotatable bonds is 5. The van der Waals surface area contributed by atoms with Gasteiger partial charge in [0, 0.05) is 24.4 Å². The summed E-state index contributed by atoms with van der Waals surface area (Å²) < 4.78 is 16.5. The highest BCUT2D eigenvalue weighted by molar-refractivity contribution is 5.98. The first-order chi connectivity index (χ1) is 12.2. The number of piperidine rings is 1. The predicted molar refractivity (Wildman–Crippen MR) is 93.0 cm³/mol. The summed E-state index contributed by atoms with van der Waals surface area (Å²) in [5, 5.41) is 0. The third-order valence-corrected chi connectivity index (χ3v) is 4.98. The molecule has 0 bridgehead atoms. The van der Waals surface area contributed by atoms with Crippen LogP contribution in [0.3, 0.4) is 0 Å². The highest BCUT2D eigenvalue weighted by Crippen LogP contribution is 2.34. The van der Waals surface area contributed by atoms with E-state index >= 15 is 0 Å². The van der Waals surface area contributed by atoms with Crippen molar-refractivity contribution < 1.29 is 18.7 Å². The van der Waals surface area contributed by atoms with Gasteiger partial charge in [-0.05, 0) is 49.7 Å². The van der Waals surface area contributed by atoms with E-state index in [4.69, 9.17) is 13.9 Å². The number of ether oxygens (including phenoxy) is 2. The van der Waals surface area contributed by atoms with Gasteiger partial charge >= 0.3 is 0 Å². The van der Waals surface area contributed by atoms with E-state index in [1.165, 1.54) is 0 Å². The number of carbonyl (C=O) groups excluding carboxylic acids is 1. The number of hydrogen-bond donors (Lipinski definition) is 0. The molecule has 25 heavy (non-hydrogen) atoms. The summed E-state index contributed by atoms with van der Waals surface area (Å²) >= 11 is 0. The second-order valence-electron chi connectivity index (χ2n) is 6.73. The van der Waals surface area contributed by atoms with Crippen LogP contribution in [0.25, 0.3) is 0 Å². The van der Waals surface area contributed by atoms with Crippen LogP contribution in [0.4, 0.5) is 0 Å². The fourth-order valence-corrected chi connectivity index (χ4v) is 3.62. The lowest BCUT2D eigenvalue weighted by Crippen LogP contribution is -2.38. The molecule has 1 saturated heterocycles. The number of likely N-dealkylation sites (tertiary alicyclic amines) is 1. The lowest BCUT2D eigenvalue weighted by Gasteiger charge is -2.31. The van der Waals surface area contributed by atoms with Crippen LogP contribution >= 0.6 is 0 Å². The van der Waals surface area contributed by atoms with Gasteiger partial charge in [0.2, 0.25) is 6.79 Å². The summed E-state index contributed by atoms with van der Waals surface area (Å²) in [7, 11) is 0. The Kier molecular flexibility index (Phi) is 4.49. The maximum Gasteiger partial charge on any atom is 0.231 e. The topological polar surface area (TPSA) is 51.9 Å². The standard InChI is InChI=1S/C20H23NO4/c1-2-16-6-7-17(25-16)12-21-9-3-4-15(11-21)20(22)14-5-8-18-19(10-14)24-13-23-18/h5-8,10,15H,2-4,9,11-13H2,1H3/t15-/m1/s1. The van der Waals surface area contributed by atoms with Crippen molar-refractivity contribution in [2.75, 3.05) is 19.9 Å². The molecule has 1 aromatic heterocycles. The van der Waals surface area contributed by atoms with E-state index in [1.807, 2.05) is 30.3 Å². The molecule has 0 aliphatic carbocycles. The lowest BCUT2D eigenvalue weighted by atomic mass is 9.90. The maximum atomic E-state index is 12.9. The molecule has 0 saturated carbocycles. The number of ketones is 1. The molecule has 5 nitrogen and oxygen atoms in total. The Morgan fingerprint density at radius 2 is 2.00 bits per heavy atom. The highest BCUT2D eigenvalue weighted by atomic mass is 16.7. The van der Waals surface area contributed by atoms with Crippen LogP contribution < -0.4 is 9.47 Å². The Hall–Kier alpha value is -2.27. The van der Waals surface area contributed by atoms with Gasteiger partial charge in [-0.1, -0.05) is 6.92 Å². The van der Waals surface area contributed by atoms with Gasteiger partial charge < -0.3 is 13.9 Å². The van der Waals surface area contributed by atoms with Crippen molar-refractivity contribution in [2.24, 2.45) is 5.92 Å². The summed E-state index contributed by atoms with van der Waals surface area (Å²) in [4.78, 5) is 15.2. The van der Waals surface area contributed by atoms with Crippen LogP contribution in [0.2, 0.25) is 0 Å². The molecule has 2 aliphatic rings. The average Bonchev–Trinajstić information content (AvgIpc) is 3.29. The quantitative estimate of drug-likeness (QED) is 0.777. The molecule has 4 rings (SSSR count). The molecular formula is C20H23NO4. The van der Waals surface area contributed by atoms with E-state index in [2.05, 4.69) is 11.8 Å². The van der Waals surface area contributed by atoms with Gasteiger partial charge in [-0.25, -0.2) is 0 Å². The minimum absolute atomic E-state index is 0.0229. The summed E-state index contributed by atoms with van der Waals surface area (Å²) in [6.07, 6.45) is 2.87. The first-order valence-electron chi connectivity index (χ1n) is 8.96. The third-order valence-electron chi connectivity index (χ3n) is 4.98. The zero-order valence-corrected chi connectivity index (χ0v) is 14.5. The van der Waals surface area contributed by atoms with E-state index in [0.717, 1.165) is 50.4 Å². The van der Waals surface area contributed by atoms with Crippen LogP contribution in [0.5, 0.6) is 11.5 Å². The van der Waals surface area contributed by atoms with Crippen molar-refractivity contribution in [3.63, 3.8) is 0 Å². The van der Waals surface area contributed by atoms with Crippen molar-refractivity contribution in [1.29, 1.82) is 0 Å². The number of carbonyl (C=O) groups is 1. The summed E-state index contributed by atoms with van der Waals surface area (Å²) in [6.45, 7) is 4.87. The van der Waals surface area contributed by atoms with Gasteiger partial charge in [0.15, 0.2) is 17.3 Å². The van der Waals surface area contributed by atoms with Gasteiger partial charge in [0.25, 0.3) is 0 Å². The SMILES string of the molecule is CCc1ccc(CN2CCC[C@@H](C(=O)c3ccc4c(c3)OCO4)C2)o1. The van der Waals surface area contributed by atoms with E-state index in [0.29, 0.717) is 17.1 Å². The average molecular weight is 341 g/mol. The smallest absolute Gasteiger partial charge is 0.231 e. The van der Waals surface area contributed by atoms with E-state index in [1.54, 1.807) is 0 Å². The first-order valence-corrected chi connectivity index (χ1v) is 8.96. The molecule has 0 unspecified atom stereocenters. The number of hydrogen-bond acceptors (Lipinski definition) is 5. The molecular weight excluding hydrogens is 318 g/mol. The Labute approximate surface area is 147 Å². The largest absolute Gasteiger partial charge is 0.465 e. The molecule has 0 spiro atoms. The third kappa shape index (κ3) is 3.42. The number of aryl methyl sites for hydroxylation is 1. The number of furan rings is 1. The zero-order valence-electron chi connectivity index (χ0n) is 14.5. The predicted octanol–water partition coefficient (Wildman–Crippen LogP) is 3.67. The van der Waals surface area contributed by atoms with Gasteiger partial charge in [-0.15, -0.1) is 0 Å². The monoisotopic (exact) mass is 341 g/mol. The molecule has 1 fully saturated rings. The van der Waals surface area contributed by atoms with Crippen LogP contribution in [-0.2, 0) is 13.0 Å². The number of fused-ring (bicyclic) bond motifs is 1. The van der Waals surface area contributed by atoms with E-state index in [9.17, 15) is 4.79 Å². The fourth-order valence-electron chi connectivity index (χ4n) is 3.62. The van der Waals surface area contributed by atoms with Crippen LogP contribution in [-0.4, -0.2) is 30.6 Å². The molecule has 132 valence electrons. The number of benzene rings is 1. The Bertz CT molecular complexity index is 767.